The predicted octanol–water partition coefficient (Wildman–Crippen LogP) is 4.05. The summed E-state index contributed by atoms with van der Waals surface area (Å²) in [5, 5.41) is 0. The lowest BCUT2D eigenvalue weighted by Gasteiger charge is -2.18. The van der Waals surface area contributed by atoms with Crippen LogP contribution < -0.4 is 5.73 Å². The normalized spacial score (nSPS) is 12.6. The molecule has 0 aliphatic carbocycles. The van der Waals surface area contributed by atoms with Crippen LogP contribution in [0.5, 0.6) is 0 Å². The summed E-state index contributed by atoms with van der Waals surface area (Å²) in [6.45, 7) is 3.45. The lowest BCUT2D eigenvalue weighted by atomic mass is 9.93. The van der Waals surface area contributed by atoms with E-state index < -0.39 is 40.7 Å². The van der Waals surface area contributed by atoms with Gasteiger partial charge in [0.05, 0.1) is 11.6 Å². The largest absolute Gasteiger partial charge is 0.320 e. The number of aryl methyl sites for hydroxylation is 2. The van der Waals surface area contributed by atoms with Crippen molar-refractivity contribution in [3.8, 4) is 0 Å². The number of halogens is 5. The van der Waals surface area contributed by atoms with Gasteiger partial charge in [0.2, 0.25) is 5.82 Å². The molecule has 0 heterocycles. The average molecular weight is 301 g/mol. The fourth-order valence-electron chi connectivity index (χ4n) is 2.23. The van der Waals surface area contributed by atoms with Gasteiger partial charge in [-0.3, -0.25) is 0 Å². The summed E-state index contributed by atoms with van der Waals surface area (Å²) in [5.74, 6) is -9.99. The fourth-order valence-corrected chi connectivity index (χ4v) is 2.23. The second-order valence-electron chi connectivity index (χ2n) is 4.82. The van der Waals surface area contributed by atoms with Gasteiger partial charge in [0.1, 0.15) is 0 Å². The van der Waals surface area contributed by atoms with Crippen molar-refractivity contribution >= 4 is 0 Å². The lowest BCUT2D eigenvalue weighted by molar-refractivity contribution is 0.367. The van der Waals surface area contributed by atoms with E-state index in [0.717, 1.165) is 5.56 Å². The van der Waals surface area contributed by atoms with Crippen LogP contribution in [0.15, 0.2) is 18.2 Å². The molecule has 0 aliphatic rings. The molecule has 2 N–H and O–H groups in total. The Hall–Kier alpha value is -1.95. The third-order valence-electron chi connectivity index (χ3n) is 3.32. The van der Waals surface area contributed by atoms with Gasteiger partial charge < -0.3 is 5.73 Å². The fraction of sp³-hybridized carbons (Fsp3) is 0.200. The van der Waals surface area contributed by atoms with E-state index in [0.29, 0.717) is 11.1 Å². The van der Waals surface area contributed by atoms with Crippen LogP contribution in [-0.2, 0) is 0 Å². The van der Waals surface area contributed by atoms with E-state index >= 15 is 0 Å². The summed E-state index contributed by atoms with van der Waals surface area (Å²) < 4.78 is 67.0. The summed E-state index contributed by atoms with van der Waals surface area (Å²) in [6, 6.07) is 3.42. The van der Waals surface area contributed by atoms with Gasteiger partial charge in [-0.05, 0) is 25.0 Å². The zero-order chi connectivity index (χ0) is 15.9. The molecule has 1 atom stereocenters. The molecule has 0 amide bonds. The van der Waals surface area contributed by atoms with Crippen molar-refractivity contribution in [2.75, 3.05) is 0 Å². The Bertz CT molecular complexity index is 683. The molecule has 0 saturated heterocycles. The first-order valence-electron chi connectivity index (χ1n) is 6.09. The van der Waals surface area contributed by atoms with Crippen molar-refractivity contribution in [1.29, 1.82) is 0 Å². The SMILES string of the molecule is Cc1ccc(C(N)c2c(F)c(F)c(F)c(F)c2F)c(C)c1. The lowest BCUT2D eigenvalue weighted by Crippen LogP contribution is -2.20. The Morgan fingerprint density at radius 3 is 1.76 bits per heavy atom. The highest BCUT2D eigenvalue weighted by Crippen LogP contribution is 2.31. The van der Waals surface area contributed by atoms with Gasteiger partial charge in [-0.2, -0.15) is 0 Å². The monoisotopic (exact) mass is 301 g/mol. The maximum absolute atomic E-state index is 13.7. The number of hydrogen-bond acceptors (Lipinski definition) is 1. The standard InChI is InChI=1S/C15H12F5N/c1-6-3-4-8(7(2)5-6)15(21)9-10(16)12(18)14(20)13(19)11(9)17/h3-5,15H,21H2,1-2H3. The van der Waals surface area contributed by atoms with Crippen LogP contribution in [0.25, 0.3) is 0 Å². The van der Waals surface area contributed by atoms with E-state index in [2.05, 4.69) is 0 Å². The zero-order valence-corrected chi connectivity index (χ0v) is 11.3. The molecule has 112 valence electrons. The van der Waals surface area contributed by atoms with Gasteiger partial charge >= 0.3 is 0 Å². The zero-order valence-electron chi connectivity index (χ0n) is 11.3. The highest BCUT2D eigenvalue weighted by molar-refractivity contribution is 5.40. The van der Waals surface area contributed by atoms with Crippen molar-refractivity contribution in [3.63, 3.8) is 0 Å². The molecule has 0 aromatic heterocycles. The first-order valence-corrected chi connectivity index (χ1v) is 6.09. The molecule has 2 rings (SSSR count). The molecule has 6 heteroatoms. The molecule has 0 fully saturated rings. The number of benzene rings is 2. The number of nitrogens with two attached hydrogens (primary N) is 1. The van der Waals surface area contributed by atoms with E-state index in [1.807, 2.05) is 0 Å². The molecule has 21 heavy (non-hydrogen) atoms. The quantitative estimate of drug-likeness (QED) is 0.505. The molecule has 2 aromatic rings. The smallest absolute Gasteiger partial charge is 0.200 e. The summed E-state index contributed by atoms with van der Waals surface area (Å²) >= 11 is 0. The third kappa shape index (κ3) is 2.51. The van der Waals surface area contributed by atoms with Crippen LogP contribution in [0.3, 0.4) is 0 Å². The maximum Gasteiger partial charge on any atom is 0.200 e. The van der Waals surface area contributed by atoms with Crippen LogP contribution in [0.4, 0.5) is 22.0 Å². The van der Waals surface area contributed by atoms with Crippen molar-refractivity contribution in [2.45, 2.75) is 19.9 Å². The molecule has 0 saturated carbocycles. The Balaban J connectivity index is 2.66. The minimum atomic E-state index is -2.19. The number of hydrogen-bond donors (Lipinski definition) is 1. The summed E-state index contributed by atoms with van der Waals surface area (Å²) in [7, 11) is 0. The molecule has 1 nitrogen and oxygen atoms in total. The van der Waals surface area contributed by atoms with Crippen molar-refractivity contribution in [1.82, 2.24) is 0 Å². The highest BCUT2D eigenvalue weighted by atomic mass is 19.2. The Labute approximate surface area is 118 Å². The Morgan fingerprint density at radius 1 is 0.810 bits per heavy atom. The molecule has 0 spiro atoms. The van der Waals surface area contributed by atoms with Crippen LogP contribution in [0.1, 0.15) is 28.3 Å². The minimum Gasteiger partial charge on any atom is -0.320 e. The molecule has 0 radical (unpaired) electrons. The second kappa shape index (κ2) is 5.44. The van der Waals surface area contributed by atoms with Crippen molar-refractivity contribution in [3.05, 3.63) is 69.5 Å². The third-order valence-corrected chi connectivity index (χ3v) is 3.32. The molecule has 1 unspecified atom stereocenters. The van der Waals surface area contributed by atoms with Gasteiger partial charge in [0, 0.05) is 0 Å². The van der Waals surface area contributed by atoms with E-state index in [1.165, 1.54) is 6.07 Å². The maximum atomic E-state index is 13.7. The number of rotatable bonds is 2. The highest BCUT2D eigenvalue weighted by Gasteiger charge is 2.30. The first-order chi connectivity index (χ1) is 9.75. The van der Waals surface area contributed by atoms with Crippen LogP contribution in [-0.4, -0.2) is 0 Å². The first kappa shape index (κ1) is 15.4. The molecule has 2 aromatic carbocycles. The van der Waals surface area contributed by atoms with E-state index in [1.54, 1.807) is 26.0 Å². The van der Waals surface area contributed by atoms with Gasteiger partial charge in [0.25, 0.3) is 0 Å². The molecule has 0 aliphatic heterocycles. The van der Waals surface area contributed by atoms with E-state index in [9.17, 15) is 22.0 Å². The van der Waals surface area contributed by atoms with Crippen molar-refractivity contribution in [2.24, 2.45) is 5.73 Å². The summed E-state index contributed by atoms with van der Waals surface area (Å²) in [5.41, 5.74) is 6.48. The van der Waals surface area contributed by atoms with Crippen LogP contribution in [0, 0.1) is 42.9 Å². The van der Waals surface area contributed by atoms with Crippen LogP contribution >= 0.6 is 0 Å². The molecule has 0 bridgehead atoms. The van der Waals surface area contributed by atoms with E-state index in [-0.39, 0.29) is 0 Å². The minimum absolute atomic E-state index is 0.295. The van der Waals surface area contributed by atoms with Gasteiger partial charge in [-0.1, -0.05) is 23.8 Å². The second-order valence-corrected chi connectivity index (χ2v) is 4.82. The predicted molar refractivity (Wildman–Crippen MR) is 68.2 cm³/mol. The summed E-state index contributed by atoms with van der Waals surface area (Å²) in [4.78, 5) is 0. The van der Waals surface area contributed by atoms with E-state index in [4.69, 9.17) is 5.73 Å². The summed E-state index contributed by atoms with van der Waals surface area (Å²) in [6.07, 6.45) is 0. The van der Waals surface area contributed by atoms with Gasteiger partial charge in [-0.15, -0.1) is 0 Å². The Kier molecular flexibility index (Phi) is 4.00. The molecular formula is C15H12F5N. The van der Waals surface area contributed by atoms with Gasteiger partial charge in [0.15, 0.2) is 23.3 Å². The van der Waals surface area contributed by atoms with Crippen LogP contribution in [0.2, 0.25) is 0 Å². The molecular weight excluding hydrogens is 289 g/mol. The average Bonchev–Trinajstić information content (AvgIpc) is 2.43. The topological polar surface area (TPSA) is 26.0 Å². The van der Waals surface area contributed by atoms with Gasteiger partial charge in [-0.25, -0.2) is 22.0 Å². The van der Waals surface area contributed by atoms with Crippen molar-refractivity contribution < 1.29 is 22.0 Å². The Morgan fingerprint density at radius 2 is 1.29 bits per heavy atom.